The van der Waals surface area contributed by atoms with Crippen molar-refractivity contribution in [1.29, 1.82) is 5.41 Å². The molecule has 0 amide bonds. The quantitative estimate of drug-likeness (QED) is 0.724. The maximum Gasteiger partial charge on any atom is 0.331 e. The number of carbonyl (C=O) groups is 1. The minimum Gasteiger partial charge on any atom is -0.478 e. The number of nitrogens with one attached hydrogen (secondary N) is 1. The van der Waals surface area contributed by atoms with E-state index in [0.717, 1.165) is 25.7 Å². The monoisotopic (exact) mass is 281 g/mol. The highest BCUT2D eigenvalue weighted by atomic mass is 16.5. The van der Waals surface area contributed by atoms with E-state index in [0.29, 0.717) is 17.7 Å². The average molecular weight is 281 g/mol. The Morgan fingerprint density at radius 2 is 2.15 bits per heavy atom. The second-order valence-electron chi connectivity index (χ2n) is 4.89. The van der Waals surface area contributed by atoms with E-state index in [-0.39, 0.29) is 12.2 Å². The van der Waals surface area contributed by atoms with Gasteiger partial charge in [-0.25, -0.2) is 4.79 Å². The van der Waals surface area contributed by atoms with Crippen LogP contribution in [0.1, 0.15) is 52.9 Å². The van der Waals surface area contributed by atoms with Gasteiger partial charge in [-0.15, -0.1) is 0 Å². The van der Waals surface area contributed by atoms with E-state index in [2.05, 4.69) is 20.4 Å². The highest BCUT2D eigenvalue weighted by Gasteiger charge is 2.20. The number of carboxylic acid groups (broad SMARTS) is 1. The van der Waals surface area contributed by atoms with E-state index in [1.807, 2.05) is 0 Å². The predicted molar refractivity (Wildman–Crippen MR) is 82.4 cm³/mol. The number of hydrogen-bond acceptors (Lipinski definition) is 3. The van der Waals surface area contributed by atoms with E-state index in [1.54, 1.807) is 13.0 Å². The molecule has 1 aliphatic rings. The second-order valence-corrected chi connectivity index (χ2v) is 4.89. The van der Waals surface area contributed by atoms with Gasteiger partial charge in [-0.1, -0.05) is 20.4 Å². The van der Waals surface area contributed by atoms with Gasteiger partial charge in [0.1, 0.15) is 0 Å². The zero-order chi connectivity index (χ0) is 15.5. The predicted octanol–water partition coefficient (Wildman–Crippen LogP) is 3.97. The summed E-state index contributed by atoms with van der Waals surface area (Å²) in [5, 5.41) is 15.5. The van der Waals surface area contributed by atoms with Crippen molar-refractivity contribution in [2.75, 3.05) is 0 Å². The summed E-state index contributed by atoms with van der Waals surface area (Å²) in [7, 11) is 0. The van der Waals surface area contributed by atoms with Crippen LogP contribution in [0.2, 0.25) is 0 Å². The van der Waals surface area contributed by atoms with Crippen LogP contribution in [0.5, 0.6) is 0 Å². The molecule has 0 heterocycles. The lowest BCUT2D eigenvalue weighted by atomic mass is 9.97. The third-order valence-corrected chi connectivity index (χ3v) is 3.18. The van der Waals surface area contributed by atoms with E-state index < -0.39 is 5.97 Å². The summed E-state index contributed by atoms with van der Waals surface area (Å²) in [5.74, 6) is -0.798. The molecule has 0 aromatic rings. The molecule has 0 radical (unpaired) electrons. The molecule has 0 saturated heterocycles. The summed E-state index contributed by atoms with van der Waals surface area (Å²) in [4.78, 5) is 10.8. The molecule has 20 heavy (non-hydrogen) atoms. The fraction of sp³-hybridized carbons (Fsp3) is 0.625. The van der Waals surface area contributed by atoms with Crippen molar-refractivity contribution < 1.29 is 14.6 Å². The van der Waals surface area contributed by atoms with Gasteiger partial charge in [-0.05, 0) is 51.2 Å². The van der Waals surface area contributed by atoms with Gasteiger partial charge in [-0.3, -0.25) is 0 Å². The molecule has 1 atom stereocenters. The van der Waals surface area contributed by atoms with Crippen molar-refractivity contribution in [2.45, 2.75) is 65.1 Å². The van der Waals surface area contributed by atoms with Gasteiger partial charge in [0, 0.05) is 11.3 Å². The van der Waals surface area contributed by atoms with Crippen LogP contribution in [-0.4, -0.2) is 29.0 Å². The third-order valence-electron chi connectivity index (χ3n) is 3.18. The van der Waals surface area contributed by atoms with Crippen LogP contribution in [0.15, 0.2) is 24.3 Å². The van der Waals surface area contributed by atoms with E-state index in [4.69, 9.17) is 15.3 Å². The van der Waals surface area contributed by atoms with E-state index >= 15 is 0 Å². The molecule has 4 nitrogen and oxygen atoms in total. The first-order valence-electron chi connectivity index (χ1n) is 7.21. The van der Waals surface area contributed by atoms with E-state index in [9.17, 15) is 4.79 Å². The molecule has 1 unspecified atom stereocenters. The molecule has 0 bridgehead atoms. The van der Waals surface area contributed by atoms with Crippen molar-refractivity contribution in [1.82, 2.24) is 0 Å². The van der Waals surface area contributed by atoms with Crippen molar-refractivity contribution in [3.63, 3.8) is 0 Å². The Morgan fingerprint density at radius 3 is 2.55 bits per heavy atom. The molecule has 0 aromatic heterocycles. The molecule has 2 N–H and O–H groups in total. The van der Waals surface area contributed by atoms with Crippen molar-refractivity contribution >= 4 is 11.7 Å². The highest BCUT2D eigenvalue weighted by Crippen LogP contribution is 2.22. The van der Waals surface area contributed by atoms with Crippen LogP contribution < -0.4 is 0 Å². The summed E-state index contributed by atoms with van der Waals surface area (Å²) in [6.45, 7) is 9.22. The molecule has 4 heteroatoms. The smallest absolute Gasteiger partial charge is 0.331 e. The number of hydrogen-bond donors (Lipinski definition) is 2. The highest BCUT2D eigenvalue weighted by molar-refractivity contribution is 5.89. The fourth-order valence-electron chi connectivity index (χ4n) is 1.90. The van der Waals surface area contributed by atoms with Crippen LogP contribution in [0.25, 0.3) is 0 Å². The molecule has 1 aliphatic carbocycles. The summed E-state index contributed by atoms with van der Waals surface area (Å²) >= 11 is 0. The van der Waals surface area contributed by atoms with Crippen molar-refractivity contribution in [2.24, 2.45) is 0 Å². The summed E-state index contributed by atoms with van der Waals surface area (Å²) in [6, 6.07) is 0. The van der Waals surface area contributed by atoms with Gasteiger partial charge >= 0.3 is 5.97 Å². The van der Waals surface area contributed by atoms with Gasteiger partial charge in [0.25, 0.3) is 0 Å². The van der Waals surface area contributed by atoms with Crippen LogP contribution >= 0.6 is 0 Å². The first-order valence-corrected chi connectivity index (χ1v) is 7.21. The van der Waals surface area contributed by atoms with Gasteiger partial charge < -0.3 is 15.3 Å². The van der Waals surface area contributed by atoms with Gasteiger partial charge in [0.2, 0.25) is 0 Å². The number of carboxylic acids is 1. The molecule has 0 aromatic carbocycles. The minimum absolute atomic E-state index is 0.00903. The summed E-state index contributed by atoms with van der Waals surface area (Å²) < 4.78 is 5.83. The fourth-order valence-corrected chi connectivity index (χ4v) is 1.90. The summed E-state index contributed by atoms with van der Waals surface area (Å²) in [5.41, 5.74) is 1.03. The van der Waals surface area contributed by atoms with Crippen LogP contribution in [0.4, 0.5) is 0 Å². The molecule has 0 saturated carbocycles. The largest absolute Gasteiger partial charge is 0.478 e. The van der Waals surface area contributed by atoms with Crippen molar-refractivity contribution in [3.8, 4) is 0 Å². The first-order chi connectivity index (χ1) is 9.44. The molecular weight excluding hydrogens is 254 g/mol. The summed E-state index contributed by atoms with van der Waals surface area (Å²) in [6.07, 6.45) is 8.08. The number of aliphatic carboxylic acids is 1. The van der Waals surface area contributed by atoms with Crippen LogP contribution in [0.3, 0.4) is 0 Å². The minimum atomic E-state index is -0.798. The molecule has 114 valence electrons. The second kappa shape index (κ2) is 10.4. The normalized spacial score (nSPS) is 17.8. The zero-order valence-electron chi connectivity index (χ0n) is 12.8. The lowest BCUT2D eigenvalue weighted by Gasteiger charge is -2.24. The van der Waals surface area contributed by atoms with Crippen LogP contribution in [-0.2, 0) is 9.53 Å². The standard InChI is InChI=1S/C12H20O3.C4H7N/c1-3-10(4-2)15-11-7-5-6-9(8-11)12(13)14;1-3-4(2)5/h8,10-11H,3-7H2,1-2H3,(H,13,14);3,5H,1H2,2H3. The molecule has 0 aliphatic heterocycles. The Labute approximate surface area is 122 Å². The third kappa shape index (κ3) is 7.89. The first kappa shape index (κ1) is 18.6. The Bertz CT molecular complexity index is 357. The molecular formula is C16H27NO3. The van der Waals surface area contributed by atoms with Gasteiger partial charge in [0.05, 0.1) is 12.2 Å². The molecule has 0 fully saturated rings. The Hall–Kier alpha value is -1.42. The molecule has 1 rings (SSSR count). The average Bonchev–Trinajstić information content (AvgIpc) is 2.45. The van der Waals surface area contributed by atoms with Gasteiger partial charge in [-0.2, -0.15) is 0 Å². The van der Waals surface area contributed by atoms with Crippen molar-refractivity contribution in [3.05, 3.63) is 24.3 Å². The lowest BCUT2D eigenvalue weighted by Crippen LogP contribution is -2.23. The number of ether oxygens (including phenoxy) is 1. The Morgan fingerprint density at radius 1 is 1.60 bits per heavy atom. The van der Waals surface area contributed by atoms with Gasteiger partial charge in [0.15, 0.2) is 0 Å². The number of allylic oxidation sites excluding steroid dienone is 1. The van der Waals surface area contributed by atoms with Crippen LogP contribution in [0, 0.1) is 5.41 Å². The topological polar surface area (TPSA) is 70.4 Å². The number of rotatable bonds is 6. The Kier molecular flexibility index (Phi) is 9.64. The maximum atomic E-state index is 10.8. The SMILES string of the molecule is C=CC(C)=N.CCC(CC)OC1C=C(C(=O)O)CCC1. The van der Waals surface area contributed by atoms with E-state index in [1.165, 1.54) is 6.08 Å². The zero-order valence-corrected chi connectivity index (χ0v) is 12.8. The maximum absolute atomic E-state index is 10.8. The lowest BCUT2D eigenvalue weighted by molar-refractivity contribution is -0.133. The Balaban J connectivity index is 0.000000621. The molecule has 0 spiro atoms.